The highest BCUT2D eigenvalue weighted by molar-refractivity contribution is 7.92. The number of hydrogen-bond donors (Lipinski definition) is 2. The zero-order chi connectivity index (χ0) is 17.3. The fourth-order valence-electron chi connectivity index (χ4n) is 2.13. The first kappa shape index (κ1) is 15.7. The summed E-state index contributed by atoms with van der Waals surface area (Å²) in [6, 6.07) is 7.57. The number of nitrogens with one attached hydrogen (secondary N) is 1. The molecule has 9 nitrogen and oxygen atoms in total. The minimum Gasteiger partial charge on any atom is -0.475 e. The molecule has 0 aliphatic rings. The van der Waals surface area contributed by atoms with Gasteiger partial charge in [-0.15, -0.1) is 5.10 Å². The zero-order valence-electron chi connectivity index (χ0n) is 12.4. The van der Waals surface area contributed by atoms with E-state index in [0.29, 0.717) is 5.69 Å². The van der Waals surface area contributed by atoms with Gasteiger partial charge in [-0.3, -0.25) is 4.72 Å². The maximum Gasteiger partial charge on any atom is 0.371 e. The van der Waals surface area contributed by atoms with Gasteiger partial charge in [0.1, 0.15) is 10.7 Å². The Balaban J connectivity index is 2.01. The summed E-state index contributed by atoms with van der Waals surface area (Å²) in [6.07, 6.45) is 3.03. The molecular formula is C14H12N4O5S. The van der Waals surface area contributed by atoms with E-state index in [1.54, 1.807) is 30.5 Å². The van der Waals surface area contributed by atoms with Gasteiger partial charge in [-0.2, -0.15) is 0 Å². The number of sulfonamides is 1. The van der Waals surface area contributed by atoms with Crippen LogP contribution in [0.1, 0.15) is 16.3 Å². The fourth-order valence-corrected chi connectivity index (χ4v) is 3.39. The molecule has 0 amide bonds. The van der Waals surface area contributed by atoms with Crippen molar-refractivity contribution >= 4 is 21.7 Å². The molecule has 0 unspecified atom stereocenters. The number of para-hydroxylation sites is 2. The first-order chi connectivity index (χ1) is 11.4. The number of furan rings is 1. The lowest BCUT2D eigenvalue weighted by Gasteiger charge is -2.11. The normalized spacial score (nSPS) is 11.4. The molecule has 3 rings (SSSR count). The third-order valence-electron chi connectivity index (χ3n) is 3.19. The topological polar surface area (TPSA) is 127 Å². The smallest absolute Gasteiger partial charge is 0.371 e. The Hall–Kier alpha value is -3.14. The minimum atomic E-state index is -4.04. The van der Waals surface area contributed by atoms with Gasteiger partial charge in [0.2, 0.25) is 5.76 Å². The van der Waals surface area contributed by atoms with Crippen molar-refractivity contribution in [2.24, 2.45) is 0 Å². The van der Waals surface area contributed by atoms with E-state index in [1.165, 1.54) is 17.8 Å². The third kappa shape index (κ3) is 2.86. The number of hydrogen-bond acceptors (Lipinski definition) is 6. The van der Waals surface area contributed by atoms with Crippen molar-refractivity contribution in [2.45, 2.75) is 11.8 Å². The van der Waals surface area contributed by atoms with Gasteiger partial charge in [0.15, 0.2) is 0 Å². The number of aromatic carboxylic acids is 1. The molecule has 2 aromatic heterocycles. The molecule has 0 spiro atoms. The first-order valence-electron chi connectivity index (χ1n) is 6.71. The average Bonchev–Trinajstić information content (AvgIpc) is 3.17. The molecule has 0 saturated carbocycles. The van der Waals surface area contributed by atoms with Crippen LogP contribution in [0.5, 0.6) is 0 Å². The molecule has 1 aromatic carbocycles. The van der Waals surface area contributed by atoms with E-state index in [0.717, 1.165) is 6.07 Å². The number of anilines is 1. The van der Waals surface area contributed by atoms with Crippen molar-refractivity contribution in [2.75, 3.05) is 4.72 Å². The third-order valence-corrected chi connectivity index (χ3v) is 4.66. The van der Waals surface area contributed by atoms with Gasteiger partial charge in [0, 0.05) is 6.07 Å². The van der Waals surface area contributed by atoms with Crippen LogP contribution in [-0.2, 0) is 10.0 Å². The van der Waals surface area contributed by atoms with Crippen LogP contribution in [0, 0.1) is 6.92 Å². The predicted molar refractivity (Wildman–Crippen MR) is 82.6 cm³/mol. The largest absolute Gasteiger partial charge is 0.475 e. The van der Waals surface area contributed by atoms with Crippen molar-refractivity contribution < 1.29 is 22.7 Å². The van der Waals surface area contributed by atoms with Crippen LogP contribution < -0.4 is 4.72 Å². The van der Waals surface area contributed by atoms with Gasteiger partial charge in [-0.25, -0.2) is 17.9 Å². The van der Waals surface area contributed by atoms with Crippen molar-refractivity contribution in [3.8, 4) is 5.69 Å². The second-order valence-corrected chi connectivity index (χ2v) is 6.46. The van der Waals surface area contributed by atoms with Gasteiger partial charge in [0.05, 0.1) is 23.8 Å². The number of carboxylic acids is 1. The highest BCUT2D eigenvalue weighted by atomic mass is 32.2. The maximum absolute atomic E-state index is 12.6. The van der Waals surface area contributed by atoms with E-state index in [1.807, 2.05) is 0 Å². The van der Waals surface area contributed by atoms with Gasteiger partial charge in [-0.1, -0.05) is 17.3 Å². The van der Waals surface area contributed by atoms with Gasteiger partial charge in [0.25, 0.3) is 10.0 Å². The summed E-state index contributed by atoms with van der Waals surface area (Å²) in [5, 5.41) is 16.4. The van der Waals surface area contributed by atoms with Crippen molar-refractivity contribution in [1.29, 1.82) is 0 Å². The van der Waals surface area contributed by atoms with Crippen molar-refractivity contribution in [3.63, 3.8) is 0 Å². The molecule has 0 aliphatic carbocycles. The number of carbonyl (C=O) groups is 1. The van der Waals surface area contributed by atoms with Crippen molar-refractivity contribution in [3.05, 3.63) is 54.2 Å². The number of benzene rings is 1. The lowest BCUT2D eigenvalue weighted by atomic mass is 10.3. The summed E-state index contributed by atoms with van der Waals surface area (Å²) < 4.78 is 33.9. The van der Waals surface area contributed by atoms with Crippen molar-refractivity contribution in [1.82, 2.24) is 15.0 Å². The van der Waals surface area contributed by atoms with E-state index in [9.17, 15) is 13.2 Å². The fraction of sp³-hybridized carbons (Fsp3) is 0.0714. The Labute approximate surface area is 136 Å². The monoisotopic (exact) mass is 348 g/mol. The van der Waals surface area contributed by atoms with Gasteiger partial charge in [-0.05, 0) is 19.1 Å². The molecule has 0 fully saturated rings. The molecule has 2 N–H and O–H groups in total. The van der Waals surface area contributed by atoms with E-state index < -0.39 is 21.8 Å². The van der Waals surface area contributed by atoms with E-state index in [2.05, 4.69) is 15.0 Å². The molecule has 0 bridgehead atoms. The minimum absolute atomic E-state index is 0.0156. The Bertz CT molecular complexity index is 992. The molecule has 0 aliphatic heterocycles. The second kappa shape index (κ2) is 5.81. The predicted octanol–water partition coefficient (Wildman–Crippen LogP) is 1.67. The van der Waals surface area contributed by atoms with Gasteiger partial charge < -0.3 is 9.52 Å². The highest BCUT2D eigenvalue weighted by Crippen LogP contribution is 2.26. The number of rotatable bonds is 5. The van der Waals surface area contributed by atoms with Crippen LogP contribution in [-0.4, -0.2) is 34.5 Å². The number of aryl methyl sites for hydroxylation is 1. The van der Waals surface area contributed by atoms with Crippen LogP contribution in [0.3, 0.4) is 0 Å². The maximum atomic E-state index is 12.6. The Morgan fingerprint density at radius 2 is 2.08 bits per heavy atom. The molecule has 124 valence electrons. The van der Waals surface area contributed by atoms with Crippen LogP contribution >= 0.6 is 0 Å². The first-order valence-corrected chi connectivity index (χ1v) is 8.19. The van der Waals surface area contributed by atoms with Crippen LogP contribution in [0.2, 0.25) is 0 Å². The lowest BCUT2D eigenvalue weighted by Crippen LogP contribution is -2.15. The Morgan fingerprint density at radius 1 is 1.33 bits per heavy atom. The summed E-state index contributed by atoms with van der Waals surface area (Å²) in [5.41, 5.74) is 0.735. The van der Waals surface area contributed by atoms with E-state index >= 15 is 0 Å². The van der Waals surface area contributed by atoms with Crippen LogP contribution in [0.4, 0.5) is 5.69 Å². The molecule has 0 radical (unpaired) electrons. The summed E-state index contributed by atoms with van der Waals surface area (Å²) in [7, 11) is -4.04. The molecule has 3 aromatic rings. The number of aromatic nitrogens is 3. The SMILES string of the molecule is Cc1oc(C(=O)O)cc1S(=O)(=O)Nc1ccccc1-n1ccnn1. The zero-order valence-corrected chi connectivity index (χ0v) is 13.2. The average molecular weight is 348 g/mol. The lowest BCUT2D eigenvalue weighted by molar-refractivity contribution is 0.0661. The Morgan fingerprint density at radius 3 is 2.71 bits per heavy atom. The van der Waals surface area contributed by atoms with E-state index in [-0.39, 0.29) is 16.3 Å². The quantitative estimate of drug-likeness (QED) is 0.718. The summed E-state index contributed by atoms with van der Waals surface area (Å²) in [6.45, 7) is 1.38. The second-order valence-electron chi connectivity index (χ2n) is 4.81. The molecule has 10 heteroatoms. The highest BCUT2D eigenvalue weighted by Gasteiger charge is 2.25. The van der Waals surface area contributed by atoms with Crippen LogP contribution in [0.15, 0.2) is 52.0 Å². The summed E-state index contributed by atoms with van der Waals surface area (Å²) in [4.78, 5) is 10.7. The molecule has 0 atom stereocenters. The number of nitrogens with zero attached hydrogens (tertiary/aromatic N) is 3. The van der Waals surface area contributed by atoms with E-state index in [4.69, 9.17) is 9.52 Å². The standard InChI is InChI=1S/C14H12N4O5S/c1-9-13(8-12(23-9)14(19)20)24(21,22)16-10-4-2-3-5-11(10)18-7-6-15-17-18/h2-8,16H,1H3,(H,19,20). The van der Waals surface area contributed by atoms with Crippen LogP contribution in [0.25, 0.3) is 5.69 Å². The number of carboxylic acid groups (broad SMARTS) is 1. The summed E-state index contributed by atoms with van der Waals surface area (Å²) >= 11 is 0. The summed E-state index contributed by atoms with van der Waals surface area (Å²) in [5.74, 6) is -1.81. The van der Waals surface area contributed by atoms with Gasteiger partial charge >= 0.3 is 5.97 Å². The Kier molecular flexibility index (Phi) is 3.81. The molecule has 0 saturated heterocycles. The molecular weight excluding hydrogens is 336 g/mol. The molecule has 2 heterocycles. The molecule has 24 heavy (non-hydrogen) atoms.